The monoisotopic (exact) mass is 312 g/mol. The first-order valence-corrected chi connectivity index (χ1v) is 8.18. The topological polar surface area (TPSA) is 65.1 Å². The number of hydrogen-bond acceptors (Lipinski definition) is 5. The third-order valence-electron chi connectivity index (χ3n) is 4.33. The first-order chi connectivity index (χ1) is 10.6. The molecule has 1 atom stereocenters. The summed E-state index contributed by atoms with van der Waals surface area (Å²) in [4.78, 5) is 30.7. The Kier molecular flexibility index (Phi) is 6.60. The summed E-state index contributed by atoms with van der Waals surface area (Å²) >= 11 is 0. The van der Waals surface area contributed by atoms with Crippen molar-refractivity contribution >= 4 is 11.8 Å². The minimum Gasteiger partial charge on any atom is -0.380 e. The van der Waals surface area contributed by atoms with Gasteiger partial charge in [-0.3, -0.25) is 9.59 Å². The van der Waals surface area contributed by atoms with E-state index in [1.807, 2.05) is 11.8 Å². The van der Waals surface area contributed by atoms with Crippen LogP contribution >= 0.6 is 0 Å². The van der Waals surface area contributed by atoms with Gasteiger partial charge in [0.15, 0.2) is 0 Å². The number of ether oxygens (including phenoxy) is 1. The van der Waals surface area contributed by atoms with Crippen LogP contribution < -0.4 is 5.32 Å². The van der Waals surface area contributed by atoms with Crippen molar-refractivity contribution in [2.24, 2.45) is 0 Å². The second kappa shape index (κ2) is 8.45. The molecule has 0 radical (unpaired) electrons. The lowest BCUT2D eigenvalue weighted by Gasteiger charge is -2.36. The maximum atomic E-state index is 12.4. The molecule has 1 N–H and O–H groups in total. The number of hydrogen-bond donors (Lipinski definition) is 1. The highest BCUT2D eigenvalue weighted by Gasteiger charge is 2.31. The van der Waals surface area contributed by atoms with E-state index in [4.69, 9.17) is 4.74 Å². The maximum Gasteiger partial charge on any atom is 0.240 e. The molecule has 0 saturated carbocycles. The highest BCUT2D eigenvalue weighted by Crippen LogP contribution is 2.09. The zero-order chi connectivity index (χ0) is 15.9. The van der Waals surface area contributed by atoms with Gasteiger partial charge in [-0.1, -0.05) is 0 Å². The Morgan fingerprint density at radius 1 is 1.27 bits per heavy atom. The summed E-state index contributed by atoms with van der Waals surface area (Å²) in [5, 5.41) is 3.18. The molecule has 22 heavy (non-hydrogen) atoms. The first-order valence-electron chi connectivity index (χ1n) is 8.18. The summed E-state index contributed by atoms with van der Waals surface area (Å²) < 4.78 is 5.31. The fourth-order valence-corrected chi connectivity index (χ4v) is 2.85. The average molecular weight is 312 g/mol. The van der Waals surface area contributed by atoms with E-state index in [1.54, 1.807) is 4.90 Å². The lowest BCUT2D eigenvalue weighted by Crippen LogP contribution is -2.57. The summed E-state index contributed by atoms with van der Waals surface area (Å²) in [6, 6.07) is -0.387. The van der Waals surface area contributed by atoms with Crippen molar-refractivity contribution in [3.8, 4) is 0 Å². The molecular weight excluding hydrogens is 284 g/mol. The fraction of sp³-hybridized carbons (Fsp3) is 0.867. The summed E-state index contributed by atoms with van der Waals surface area (Å²) in [5.41, 5.74) is 0. The van der Waals surface area contributed by atoms with E-state index >= 15 is 0 Å². The Morgan fingerprint density at radius 2 is 2.00 bits per heavy atom. The van der Waals surface area contributed by atoms with Gasteiger partial charge in [-0.25, -0.2) is 0 Å². The van der Waals surface area contributed by atoms with Crippen LogP contribution in [0.2, 0.25) is 0 Å². The zero-order valence-corrected chi connectivity index (χ0v) is 13.7. The number of amides is 2. The van der Waals surface area contributed by atoms with Crippen molar-refractivity contribution in [1.29, 1.82) is 0 Å². The van der Waals surface area contributed by atoms with E-state index in [0.29, 0.717) is 26.3 Å². The second-order valence-electron chi connectivity index (χ2n) is 5.92. The SMILES string of the molecule is CCOCCN1CCNC(CC(=O)N2CCN(C)CC2)C1=O. The molecule has 0 bridgehead atoms. The quantitative estimate of drug-likeness (QED) is 0.637. The van der Waals surface area contributed by atoms with Gasteiger partial charge in [-0.15, -0.1) is 0 Å². The molecule has 2 aliphatic rings. The predicted molar refractivity (Wildman–Crippen MR) is 83.6 cm³/mol. The number of piperazine rings is 2. The first kappa shape index (κ1) is 17.2. The number of rotatable bonds is 6. The molecule has 0 aliphatic carbocycles. The molecule has 1 unspecified atom stereocenters. The molecule has 0 aromatic carbocycles. The highest BCUT2D eigenvalue weighted by atomic mass is 16.5. The number of carbonyl (C=O) groups is 2. The lowest BCUT2D eigenvalue weighted by atomic mass is 10.1. The molecule has 7 nitrogen and oxygen atoms in total. The summed E-state index contributed by atoms with van der Waals surface area (Å²) in [7, 11) is 2.06. The van der Waals surface area contributed by atoms with E-state index in [1.165, 1.54) is 0 Å². The summed E-state index contributed by atoms with van der Waals surface area (Å²) in [6.07, 6.45) is 0.258. The van der Waals surface area contributed by atoms with Crippen LogP contribution in [0.25, 0.3) is 0 Å². The van der Waals surface area contributed by atoms with Crippen LogP contribution in [0.1, 0.15) is 13.3 Å². The Bertz CT molecular complexity index is 383. The molecule has 2 heterocycles. The van der Waals surface area contributed by atoms with Gasteiger partial charge in [-0.2, -0.15) is 0 Å². The van der Waals surface area contributed by atoms with E-state index in [-0.39, 0.29) is 24.3 Å². The van der Waals surface area contributed by atoms with Crippen molar-refractivity contribution in [3.63, 3.8) is 0 Å². The van der Waals surface area contributed by atoms with Gasteiger partial charge in [0.2, 0.25) is 11.8 Å². The van der Waals surface area contributed by atoms with Crippen LogP contribution in [0, 0.1) is 0 Å². The Hall–Kier alpha value is -1.18. The van der Waals surface area contributed by atoms with Crippen molar-refractivity contribution < 1.29 is 14.3 Å². The van der Waals surface area contributed by atoms with Crippen LogP contribution in [0.15, 0.2) is 0 Å². The Balaban J connectivity index is 1.80. The summed E-state index contributed by atoms with van der Waals surface area (Å²) in [5.74, 6) is 0.0963. The third-order valence-corrected chi connectivity index (χ3v) is 4.33. The van der Waals surface area contributed by atoms with Crippen LogP contribution in [-0.2, 0) is 14.3 Å². The molecule has 0 spiro atoms. The van der Waals surface area contributed by atoms with Gasteiger partial charge >= 0.3 is 0 Å². The minimum absolute atomic E-state index is 0.0217. The zero-order valence-electron chi connectivity index (χ0n) is 13.7. The molecule has 2 rings (SSSR count). The minimum atomic E-state index is -0.387. The third kappa shape index (κ3) is 4.66. The van der Waals surface area contributed by atoms with E-state index in [2.05, 4.69) is 17.3 Å². The summed E-state index contributed by atoms with van der Waals surface area (Å²) in [6.45, 7) is 8.49. The largest absolute Gasteiger partial charge is 0.380 e. The van der Waals surface area contributed by atoms with E-state index < -0.39 is 0 Å². The van der Waals surface area contributed by atoms with Gasteiger partial charge in [0, 0.05) is 52.4 Å². The van der Waals surface area contributed by atoms with Crippen molar-refractivity contribution in [3.05, 3.63) is 0 Å². The molecule has 2 saturated heterocycles. The van der Waals surface area contributed by atoms with Gasteiger partial charge in [0.1, 0.15) is 0 Å². The molecular formula is C15H28N4O3. The van der Waals surface area contributed by atoms with Crippen molar-refractivity contribution in [2.75, 3.05) is 66.1 Å². The fourth-order valence-electron chi connectivity index (χ4n) is 2.85. The van der Waals surface area contributed by atoms with E-state index in [0.717, 1.165) is 32.7 Å². The molecule has 2 fully saturated rings. The van der Waals surface area contributed by atoms with Crippen LogP contribution in [0.3, 0.4) is 0 Å². The van der Waals surface area contributed by atoms with Crippen LogP contribution in [-0.4, -0.2) is 98.6 Å². The standard InChI is InChI=1S/C15H28N4O3/c1-3-22-11-10-19-5-4-16-13(15(19)21)12-14(20)18-8-6-17(2)7-9-18/h13,16H,3-12H2,1-2H3. The van der Waals surface area contributed by atoms with Crippen molar-refractivity contribution in [1.82, 2.24) is 20.0 Å². The van der Waals surface area contributed by atoms with Crippen LogP contribution in [0.4, 0.5) is 0 Å². The second-order valence-corrected chi connectivity index (χ2v) is 5.92. The molecule has 2 aliphatic heterocycles. The predicted octanol–water partition coefficient (Wildman–Crippen LogP) is -1.01. The Labute approximate surface area is 132 Å². The number of likely N-dealkylation sites (N-methyl/N-ethyl adjacent to an activating group) is 1. The normalized spacial score (nSPS) is 23.9. The molecule has 0 aromatic rings. The molecule has 2 amide bonds. The van der Waals surface area contributed by atoms with Gasteiger partial charge in [0.25, 0.3) is 0 Å². The molecule has 7 heteroatoms. The van der Waals surface area contributed by atoms with Gasteiger partial charge in [-0.05, 0) is 14.0 Å². The Morgan fingerprint density at radius 3 is 2.68 bits per heavy atom. The van der Waals surface area contributed by atoms with Gasteiger partial charge < -0.3 is 24.8 Å². The highest BCUT2D eigenvalue weighted by molar-refractivity contribution is 5.89. The number of nitrogens with zero attached hydrogens (tertiary/aromatic N) is 3. The average Bonchev–Trinajstić information content (AvgIpc) is 2.51. The molecule has 126 valence electrons. The van der Waals surface area contributed by atoms with Crippen LogP contribution in [0.5, 0.6) is 0 Å². The lowest BCUT2D eigenvalue weighted by molar-refractivity contribution is -0.142. The van der Waals surface area contributed by atoms with Crippen molar-refractivity contribution in [2.45, 2.75) is 19.4 Å². The van der Waals surface area contributed by atoms with E-state index in [9.17, 15) is 9.59 Å². The number of nitrogens with one attached hydrogen (secondary N) is 1. The maximum absolute atomic E-state index is 12.4. The number of carbonyl (C=O) groups excluding carboxylic acids is 2. The smallest absolute Gasteiger partial charge is 0.240 e. The molecule has 0 aromatic heterocycles. The van der Waals surface area contributed by atoms with Gasteiger partial charge in [0.05, 0.1) is 19.1 Å².